The van der Waals surface area contributed by atoms with Crippen LogP contribution in [0, 0.1) is 5.92 Å². The zero-order chi connectivity index (χ0) is 12.1. The van der Waals surface area contributed by atoms with Crippen LogP contribution < -0.4 is 17.0 Å². The van der Waals surface area contributed by atoms with Gasteiger partial charge in [-0.1, -0.05) is 0 Å². The largest absolute Gasteiger partial charge is 1.00 e. The van der Waals surface area contributed by atoms with Crippen molar-refractivity contribution >= 4 is 5.71 Å². The van der Waals surface area contributed by atoms with Crippen LogP contribution in [0.5, 0.6) is 5.75 Å². The molecule has 0 radical (unpaired) electrons. The minimum atomic E-state index is 0. The zero-order valence-electron chi connectivity index (χ0n) is 11.1. The number of aromatic hydroxyl groups is 1. The van der Waals surface area contributed by atoms with Crippen molar-refractivity contribution in [2.24, 2.45) is 5.92 Å². The maximum atomic E-state index is 9.61. The van der Waals surface area contributed by atoms with Gasteiger partial charge in [-0.25, -0.2) is 4.58 Å². The van der Waals surface area contributed by atoms with Crippen LogP contribution in [0.3, 0.4) is 0 Å². The van der Waals surface area contributed by atoms with Crippen molar-refractivity contribution in [3.63, 3.8) is 0 Å². The Morgan fingerprint density at radius 3 is 2.89 bits per heavy atom. The van der Waals surface area contributed by atoms with Crippen LogP contribution in [0.4, 0.5) is 0 Å². The van der Waals surface area contributed by atoms with E-state index in [0.717, 1.165) is 24.9 Å². The monoisotopic (exact) mass is 321 g/mol. The van der Waals surface area contributed by atoms with Gasteiger partial charge in [-0.3, -0.25) is 0 Å². The van der Waals surface area contributed by atoms with Crippen LogP contribution in [-0.2, 0) is 6.42 Å². The summed E-state index contributed by atoms with van der Waals surface area (Å²) < 4.78 is 2.69. The van der Waals surface area contributed by atoms with Crippen LogP contribution in [0.1, 0.15) is 43.2 Å². The van der Waals surface area contributed by atoms with E-state index < -0.39 is 0 Å². The molecule has 0 spiro atoms. The molecule has 0 bridgehead atoms. The molecular formula is C16H20BrNO. The average Bonchev–Trinajstić information content (AvgIpc) is 2.86. The Balaban J connectivity index is 0.00000110. The summed E-state index contributed by atoms with van der Waals surface area (Å²) in [6.07, 6.45) is 7.95. The average molecular weight is 322 g/mol. The molecule has 0 amide bonds. The molecule has 1 N–H and O–H groups in total. The first-order valence-corrected chi connectivity index (χ1v) is 7.27. The first-order valence-electron chi connectivity index (χ1n) is 7.27. The third kappa shape index (κ3) is 2.03. The highest BCUT2D eigenvalue weighted by molar-refractivity contribution is 5.99. The van der Waals surface area contributed by atoms with E-state index in [4.69, 9.17) is 0 Å². The summed E-state index contributed by atoms with van der Waals surface area (Å²) in [5.74, 6) is 1.37. The highest BCUT2D eigenvalue weighted by Crippen LogP contribution is 2.38. The summed E-state index contributed by atoms with van der Waals surface area (Å²) in [4.78, 5) is 0. The number of benzene rings is 1. The SMILES string of the molecule is Oc1ccc2c(c1)CC[N+]1=C2CC[C@@H]2CCC[C@H]21.[Br-]. The van der Waals surface area contributed by atoms with E-state index in [-0.39, 0.29) is 17.0 Å². The van der Waals surface area contributed by atoms with Crippen LogP contribution in [0.25, 0.3) is 0 Å². The number of nitrogens with zero attached hydrogens (tertiary/aromatic N) is 1. The quantitative estimate of drug-likeness (QED) is 0.653. The third-order valence-corrected chi connectivity index (χ3v) is 5.14. The fourth-order valence-corrected chi connectivity index (χ4v) is 4.33. The van der Waals surface area contributed by atoms with Crippen molar-refractivity contribution in [1.82, 2.24) is 0 Å². The minimum Gasteiger partial charge on any atom is -1.00 e. The van der Waals surface area contributed by atoms with Gasteiger partial charge in [0.25, 0.3) is 0 Å². The predicted octanol–water partition coefficient (Wildman–Crippen LogP) is -0.284. The van der Waals surface area contributed by atoms with Crippen molar-refractivity contribution < 1.29 is 26.7 Å². The second kappa shape index (κ2) is 4.93. The maximum Gasteiger partial charge on any atom is 0.183 e. The minimum absolute atomic E-state index is 0. The van der Waals surface area contributed by atoms with Gasteiger partial charge in [-0.15, -0.1) is 0 Å². The number of fused-ring (bicyclic) bond motifs is 4. The Morgan fingerprint density at radius 1 is 1.11 bits per heavy atom. The Kier molecular flexibility index (Phi) is 3.42. The highest BCUT2D eigenvalue weighted by atomic mass is 79.9. The van der Waals surface area contributed by atoms with E-state index in [9.17, 15) is 5.11 Å². The molecule has 1 saturated carbocycles. The number of hydrogen-bond donors (Lipinski definition) is 1. The number of hydrogen-bond acceptors (Lipinski definition) is 1. The Morgan fingerprint density at radius 2 is 2.00 bits per heavy atom. The topological polar surface area (TPSA) is 23.2 Å². The van der Waals surface area contributed by atoms with Crippen molar-refractivity contribution in [3.8, 4) is 5.75 Å². The second-order valence-electron chi connectivity index (χ2n) is 6.03. The number of rotatable bonds is 0. The molecule has 2 nitrogen and oxygen atoms in total. The first kappa shape index (κ1) is 13.2. The van der Waals surface area contributed by atoms with Crippen LogP contribution >= 0.6 is 0 Å². The van der Waals surface area contributed by atoms with E-state index in [1.165, 1.54) is 43.2 Å². The summed E-state index contributed by atoms with van der Waals surface area (Å²) in [7, 11) is 0. The van der Waals surface area contributed by atoms with E-state index in [1.807, 2.05) is 12.1 Å². The van der Waals surface area contributed by atoms with Crippen LogP contribution in [0.15, 0.2) is 18.2 Å². The molecular weight excluding hydrogens is 302 g/mol. The lowest BCUT2D eigenvalue weighted by atomic mass is 9.85. The molecule has 0 unspecified atom stereocenters. The van der Waals surface area contributed by atoms with Crippen molar-refractivity contribution in [2.45, 2.75) is 44.6 Å². The molecule has 1 fully saturated rings. The fraction of sp³-hybridized carbons (Fsp3) is 0.562. The Bertz CT molecular complexity index is 538. The molecule has 19 heavy (non-hydrogen) atoms. The predicted molar refractivity (Wildman–Crippen MR) is 71.4 cm³/mol. The summed E-state index contributed by atoms with van der Waals surface area (Å²) in [5.41, 5.74) is 4.31. The van der Waals surface area contributed by atoms with Crippen molar-refractivity contribution in [3.05, 3.63) is 29.3 Å². The van der Waals surface area contributed by atoms with Gasteiger partial charge < -0.3 is 22.1 Å². The molecule has 0 aromatic heterocycles. The molecule has 1 aromatic rings. The second-order valence-corrected chi connectivity index (χ2v) is 6.03. The molecule has 4 rings (SSSR count). The maximum absolute atomic E-state index is 9.61. The summed E-state index contributed by atoms with van der Waals surface area (Å²) in [5, 5.41) is 9.61. The van der Waals surface area contributed by atoms with Crippen LogP contribution in [0.2, 0.25) is 0 Å². The first-order chi connectivity index (χ1) is 8.83. The molecule has 3 aliphatic rings. The Hall–Kier alpha value is -0.830. The normalized spacial score (nSPS) is 28.2. The molecule has 0 saturated heterocycles. The van der Waals surface area contributed by atoms with Crippen molar-refractivity contribution in [1.29, 1.82) is 0 Å². The zero-order valence-corrected chi connectivity index (χ0v) is 12.7. The molecule has 1 aliphatic carbocycles. The van der Waals surface area contributed by atoms with Gasteiger partial charge in [-0.05, 0) is 43.0 Å². The standard InChI is InChI=1S/C16H19NO.BrH/c18-13-5-6-14-12(10-13)8-9-17-15-3-1-2-11(15)4-7-16(14)17;/h5-6,10-11,15H,1-4,7-9H2;1H/t11-,15+;/m0./s1. The highest BCUT2D eigenvalue weighted by Gasteiger charge is 2.42. The lowest BCUT2D eigenvalue weighted by molar-refractivity contribution is -0.577. The summed E-state index contributed by atoms with van der Waals surface area (Å²) in [6, 6.07) is 6.74. The molecule has 2 heterocycles. The van der Waals surface area contributed by atoms with E-state index in [2.05, 4.69) is 10.6 Å². The van der Waals surface area contributed by atoms with E-state index >= 15 is 0 Å². The number of phenolic OH excluding ortho intramolecular Hbond substituents is 1. The van der Waals surface area contributed by atoms with Gasteiger partial charge in [0.1, 0.15) is 12.3 Å². The van der Waals surface area contributed by atoms with Gasteiger partial charge >= 0.3 is 0 Å². The Labute approximate surface area is 124 Å². The van der Waals surface area contributed by atoms with Gasteiger partial charge in [0.15, 0.2) is 11.8 Å². The molecule has 3 heteroatoms. The van der Waals surface area contributed by atoms with Crippen molar-refractivity contribution in [2.75, 3.05) is 6.54 Å². The molecule has 102 valence electrons. The number of phenols is 1. The smallest absolute Gasteiger partial charge is 0.183 e. The molecule has 2 atom stereocenters. The van der Waals surface area contributed by atoms with Gasteiger partial charge in [0.05, 0.1) is 0 Å². The fourth-order valence-electron chi connectivity index (χ4n) is 4.33. The van der Waals surface area contributed by atoms with E-state index in [0.29, 0.717) is 5.75 Å². The summed E-state index contributed by atoms with van der Waals surface area (Å²) in [6.45, 7) is 1.16. The van der Waals surface area contributed by atoms with Gasteiger partial charge in [0, 0.05) is 30.7 Å². The van der Waals surface area contributed by atoms with Crippen LogP contribution in [-0.4, -0.2) is 28.0 Å². The lowest BCUT2D eigenvalue weighted by Gasteiger charge is -2.29. The molecule has 1 aromatic carbocycles. The third-order valence-electron chi connectivity index (χ3n) is 5.14. The summed E-state index contributed by atoms with van der Waals surface area (Å²) >= 11 is 0. The number of halogens is 1. The van der Waals surface area contributed by atoms with Gasteiger partial charge in [-0.2, -0.15) is 0 Å². The van der Waals surface area contributed by atoms with E-state index in [1.54, 1.807) is 5.71 Å². The lowest BCUT2D eigenvalue weighted by Crippen LogP contribution is -3.00. The van der Waals surface area contributed by atoms with Gasteiger partial charge in [0.2, 0.25) is 0 Å². The molecule has 2 aliphatic heterocycles.